The number of likely N-dealkylation sites (tertiary alicyclic amines) is 1. The molecule has 0 radical (unpaired) electrons. The molecule has 0 aromatic heterocycles. The molecule has 0 aromatic rings. The van der Waals surface area contributed by atoms with Crippen molar-refractivity contribution in [1.29, 1.82) is 0 Å². The molecule has 4 N–H and O–H groups in total. The monoisotopic (exact) mass is 382 g/mol. The van der Waals surface area contributed by atoms with Crippen LogP contribution in [-0.4, -0.2) is 77.6 Å². The molecular weight excluding hydrogens is 355 g/mol. The molecule has 2 aliphatic heterocycles. The van der Waals surface area contributed by atoms with Gasteiger partial charge in [-0.25, -0.2) is 4.79 Å². The molecule has 9 nitrogen and oxygen atoms in total. The third-order valence-corrected chi connectivity index (χ3v) is 4.94. The van der Waals surface area contributed by atoms with E-state index in [0.717, 1.165) is 19.2 Å². The molecule has 0 aliphatic carbocycles. The van der Waals surface area contributed by atoms with Crippen molar-refractivity contribution in [3.05, 3.63) is 24.5 Å². The predicted molar refractivity (Wildman–Crippen MR) is 97.2 cm³/mol. The van der Waals surface area contributed by atoms with Gasteiger partial charge in [0.15, 0.2) is 0 Å². The van der Waals surface area contributed by atoms with E-state index in [9.17, 15) is 14.7 Å². The van der Waals surface area contributed by atoms with Gasteiger partial charge >= 0.3 is 13.3 Å². The lowest BCUT2D eigenvalue weighted by molar-refractivity contribution is -0.146. The third-order valence-electron chi connectivity index (χ3n) is 4.94. The van der Waals surface area contributed by atoms with Crippen LogP contribution in [0.4, 0.5) is 0 Å². The van der Waals surface area contributed by atoms with Crippen LogP contribution in [0, 0.1) is 11.8 Å². The van der Waals surface area contributed by atoms with Gasteiger partial charge in [-0.1, -0.05) is 13.0 Å². The zero-order valence-electron chi connectivity index (χ0n) is 15.4. The Kier molecular flexibility index (Phi) is 7.84. The standard InChI is InChI=1S/C17H27BN2O7/c1-3-11(4-2)15(27-18(24)25)14(17(22)23)10-26-13-8-20(9-13)16(21)12-5-6-19-7-12/h3,10-13,15,19,24-25H,1,4-9H2,2H3,(H,22,23)/b14-10-. The van der Waals surface area contributed by atoms with Gasteiger partial charge in [0, 0.05) is 12.5 Å². The second kappa shape index (κ2) is 9.89. The lowest BCUT2D eigenvalue weighted by Gasteiger charge is -2.39. The van der Waals surface area contributed by atoms with Gasteiger partial charge in [-0.2, -0.15) is 0 Å². The van der Waals surface area contributed by atoms with Crippen molar-refractivity contribution in [2.45, 2.75) is 32.0 Å². The van der Waals surface area contributed by atoms with Crippen LogP contribution in [0.3, 0.4) is 0 Å². The van der Waals surface area contributed by atoms with Crippen molar-refractivity contribution in [1.82, 2.24) is 10.2 Å². The smallest absolute Gasteiger partial charge is 0.494 e. The van der Waals surface area contributed by atoms with E-state index in [1.807, 2.05) is 0 Å². The SMILES string of the molecule is C=CC(CC)C(OB(O)O)/C(=C/OC1CN(C(=O)C2CCNC2)C1)C(=O)O. The van der Waals surface area contributed by atoms with Crippen LogP contribution in [0.1, 0.15) is 19.8 Å². The van der Waals surface area contributed by atoms with Crippen molar-refractivity contribution >= 4 is 19.2 Å². The maximum Gasteiger partial charge on any atom is 0.634 e. The molecule has 2 heterocycles. The van der Waals surface area contributed by atoms with E-state index < -0.39 is 25.3 Å². The summed E-state index contributed by atoms with van der Waals surface area (Å²) in [6.45, 7) is 7.76. The van der Waals surface area contributed by atoms with Gasteiger partial charge in [-0.05, 0) is 19.4 Å². The Hall–Kier alpha value is -1.88. The number of ether oxygens (including phenoxy) is 1. The highest BCUT2D eigenvalue weighted by Crippen LogP contribution is 2.24. The highest BCUT2D eigenvalue weighted by atomic mass is 16.6. The molecule has 0 spiro atoms. The Bertz CT molecular complexity index is 572. The van der Waals surface area contributed by atoms with E-state index in [0.29, 0.717) is 26.1 Å². The van der Waals surface area contributed by atoms with Crippen LogP contribution in [0.2, 0.25) is 0 Å². The molecule has 0 aromatic carbocycles. The first-order valence-corrected chi connectivity index (χ1v) is 9.09. The van der Waals surface area contributed by atoms with Gasteiger partial charge in [0.25, 0.3) is 0 Å². The first-order valence-electron chi connectivity index (χ1n) is 9.09. The number of carbonyl (C=O) groups excluding carboxylic acids is 1. The Morgan fingerprint density at radius 3 is 2.59 bits per heavy atom. The lowest BCUT2D eigenvalue weighted by Crippen LogP contribution is -2.56. The van der Waals surface area contributed by atoms with Crippen molar-refractivity contribution in [3.8, 4) is 0 Å². The van der Waals surface area contributed by atoms with Crippen LogP contribution >= 0.6 is 0 Å². The number of hydrogen-bond donors (Lipinski definition) is 4. The van der Waals surface area contributed by atoms with E-state index in [-0.39, 0.29) is 23.5 Å². The van der Waals surface area contributed by atoms with Gasteiger partial charge in [0.2, 0.25) is 5.91 Å². The predicted octanol–water partition coefficient (Wildman–Crippen LogP) is -0.641. The molecule has 3 unspecified atom stereocenters. The second-order valence-corrected chi connectivity index (χ2v) is 6.76. The van der Waals surface area contributed by atoms with Crippen LogP contribution in [0.15, 0.2) is 24.5 Å². The summed E-state index contributed by atoms with van der Waals surface area (Å²) in [4.78, 5) is 25.6. The fourth-order valence-corrected chi connectivity index (χ4v) is 3.28. The maximum absolute atomic E-state index is 12.3. The van der Waals surface area contributed by atoms with E-state index in [1.54, 1.807) is 11.8 Å². The number of carboxylic acid groups (broad SMARTS) is 1. The van der Waals surface area contributed by atoms with Crippen LogP contribution < -0.4 is 5.32 Å². The van der Waals surface area contributed by atoms with E-state index >= 15 is 0 Å². The topological polar surface area (TPSA) is 129 Å². The summed E-state index contributed by atoms with van der Waals surface area (Å²) in [6, 6.07) is 0. The minimum atomic E-state index is -2.12. The van der Waals surface area contributed by atoms with Crippen molar-refractivity contribution in [3.63, 3.8) is 0 Å². The average Bonchev–Trinajstić information content (AvgIpc) is 3.10. The molecule has 10 heteroatoms. The Morgan fingerprint density at radius 2 is 2.11 bits per heavy atom. The summed E-state index contributed by atoms with van der Waals surface area (Å²) >= 11 is 0. The second-order valence-electron chi connectivity index (χ2n) is 6.76. The number of nitrogens with zero attached hydrogens (tertiary/aromatic N) is 1. The van der Waals surface area contributed by atoms with Gasteiger partial charge < -0.3 is 34.8 Å². The minimum Gasteiger partial charge on any atom is -0.494 e. The van der Waals surface area contributed by atoms with Crippen molar-refractivity contribution in [2.24, 2.45) is 11.8 Å². The summed E-state index contributed by atoms with van der Waals surface area (Å²) in [6.07, 6.45) is 2.47. The van der Waals surface area contributed by atoms with Crippen LogP contribution in [0.25, 0.3) is 0 Å². The van der Waals surface area contributed by atoms with Crippen molar-refractivity contribution < 1.29 is 34.1 Å². The number of aliphatic carboxylic acids is 1. The van der Waals surface area contributed by atoms with Gasteiger partial charge in [0.1, 0.15) is 6.10 Å². The summed E-state index contributed by atoms with van der Waals surface area (Å²) in [7, 11) is -2.12. The maximum atomic E-state index is 12.3. The molecule has 1 amide bonds. The van der Waals surface area contributed by atoms with Gasteiger partial charge in [0.05, 0.1) is 36.9 Å². The summed E-state index contributed by atoms with van der Waals surface area (Å²) in [5, 5.41) is 30.9. The van der Waals surface area contributed by atoms with E-state index in [1.165, 1.54) is 6.08 Å². The zero-order chi connectivity index (χ0) is 20.0. The first-order chi connectivity index (χ1) is 12.9. The fraction of sp³-hybridized carbons (Fsp3) is 0.647. The summed E-state index contributed by atoms with van der Waals surface area (Å²) in [5.41, 5.74) is -0.236. The average molecular weight is 382 g/mol. The molecule has 2 fully saturated rings. The molecule has 0 saturated carbocycles. The number of hydrogen-bond acceptors (Lipinski definition) is 7. The first kappa shape index (κ1) is 21.4. The number of rotatable bonds is 10. The number of carbonyl (C=O) groups is 2. The Morgan fingerprint density at radius 1 is 1.41 bits per heavy atom. The minimum absolute atomic E-state index is 0.00204. The number of carboxylic acids is 1. The van der Waals surface area contributed by atoms with Gasteiger partial charge in [-0.3, -0.25) is 4.79 Å². The summed E-state index contributed by atoms with van der Waals surface area (Å²) in [5.74, 6) is -1.64. The Labute approximate surface area is 158 Å². The lowest BCUT2D eigenvalue weighted by atomic mass is 9.92. The van der Waals surface area contributed by atoms with E-state index in [4.69, 9.17) is 19.4 Å². The Balaban J connectivity index is 1.97. The molecule has 2 aliphatic rings. The molecule has 2 rings (SSSR count). The van der Waals surface area contributed by atoms with E-state index in [2.05, 4.69) is 11.9 Å². The largest absolute Gasteiger partial charge is 0.634 e. The summed E-state index contributed by atoms with van der Waals surface area (Å²) < 4.78 is 10.5. The molecular formula is C17H27BN2O7. The zero-order valence-corrected chi connectivity index (χ0v) is 15.4. The number of amides is 1. The van der Waals surface area contributed by atoms with Crippen LogP contribution in [-0.2, 0) is 19.0 Å². The normalized spacial score (nSPS) is 22.7. The molecule has 3 atom stereocenters. The highest BCUT2D eigenvalue weighted by molar-refractivity contribution is 6.32. The molecule has 2 saturated heterocycles. The molecule has 0 bridgehead atoms. The number of nitrogens with one attached hydrogen (secondary N) is 1. The third kappa shape index (κ3) is 5.55. The molecule has 27 heavy (non-hydrogen) atoms. The highest BCUT2D eigenvalue weighted by Gasteiger charge is 2.37. The quantitative estimate of drug-likeness (QED) is 0.170. The molecule has 150 valence electrons. The van der Waals surface area contributed by atoms with Crippen molar-refractivity contribution in [2.75, 3.05) is 26.2 Å². The fourth-order valence-electron chi connectivity index (χ4n) is 3.28. The van der Waals surface area contributed by atoms with Gasteiger partial charge in [-0.15, -0.1) is 6.58 Å². The van der Waals surface area contributed by atoms with Crippen LogP contribution in [0.5, 0.6) is 0 Å².